The second-order valence-electron chi connectivity index (χ2n) is 5.25. The SMILES string of the molecule is c1ccc(-n2cc(CNCC3CCCCS3)cn2)cc1. The molecule has 1 fully saturated rings. The quantitative estimate of drug-likeness (QED) is 0.915. The summed E-state index contributed by atoms with van der Waals surface area (Å²) < 4.78 is 1.94. The Bertz CT molecular complexity index is 518. The first-order chi connectivity index (χ1) is 9.92. The van der Waals surface area contributed by atoms with E-state index in [2.05, 4.69) is 40.5 Å². The summed E-state index contributed by atoms with van der Waals surface area (Å²) in [5.41, 5.74) is 2.36. The van der Waals surface area contributed by atoms with Gasteiger partial charge in [-0.15, -0.1) is 0 Å². The predicted molar refractivity (Wildman–Crippen MR) is 85.4 cm³/mol. The summed E-state index contributed by atoms with van der Waals surface area (Å²) in [6.45, 7) is 2.02. The lowest BCUT2D eigenvalue weighted by Crippen LogP contribution is -2.26. The molecule has 106 valence electrons. The van der Waals surface area contributed by atoms with E-state index in [1.54, 1.807) is 0 Å². The van der Waals surface area contributed by atoms with Crippen molar-refractivity contribution in [3.05, 3.63) is 48.3 Å². The number of nitrogens with zero attached hydrogens (tertiary/aromatic N) is 2. The zero-order valence-corrected chi connectivity index (χ0v) is 12.5. The van der Waals surface area contributed by atoms with Gasteiger partial charge in [0.1, 0.15) is 0 Å². The molecular weight excluding hydrogens is 266 g/mol. The molecule has 0 aliphatic carbocycles. The smallest absolute Gasteiger partial charge is 0.0645 e. The highest BCUT2D eigenvalue weighted by molar-refractivity contribution is 7.99. The first-order valence-electron chi connectivity index (χ1n) is 7.33. The molecular formula is C16H21N3S. The molecule has 0 radical (unpaired) electrons. The van der Waals surface area contributed by atoms with Crippen molar-refractivity contribution in [3.63, 3.8) is 0 Å². The Kier molecular flexibility index (Phi) is 4.77. The van der Waals surface area contributed by atoms with Crippen LogP contribution in [-0.2, 0) is 6.54 Å². The molecule has 0 saturated carbocycles. The minimum absolute atomic E-state index is 0.799. The van der Waals surface area contributed by atoms with Gasteiger partial charge in [0.15, 0.2) is 0 Å². The average Bonchev–Trinajstić information content (AvgIpc) is 2.98. The molecule has 20 heavy (non-hydrogen) atoms. The van der Waals surface area contributed by atoms with Gasteiger partial charge in [-0.3, -0.25) is 0 Å². The van der Waals surface area contributed by atoms with E-state index < -0.39 is 0 Å². The van der Waals surface area contributed by atoms with E-state index in [1.165, 1.54) is 30.6 Å². The van der Waals surface area contributed by atoms with Crippen LogP contribution in [0.25, 0.3) is 5.69 Å². The lowest BCUT2D eigenvalue weighted by Gasteiger charge is -2.21. The fourth-order valence-electron chi connectivity index (χ4n) is 2.52. The molecule has 0 amide bonds. The Morgan fingerprint density at radius 3 is 2.95 bits per heavy atom. The standard InChI is InChI=1S/C16H21N3S/c1-2-6-15(7-3-1)19-13-14(11-18-19)10-17-12-16-8-4-5-9-20-16/h1-3,6-7,11,13,16-17H,4-5,8-10,12H2. The van der Waals surface area contributed by atoms with Gasteiger partial charge in [-0.2, -0.15) is 16.9 Å². The molecule has 1 aromatic heterocycles. The van der Waals surface area contributed by atoms with Gasteiger partial charge in [0, 0.05) is 30.1 Å². The van der Waals surface area contributed by atoms with E-state index in [-0.39, 0.29) is 0 Å². The number of nitrogens with one attached hydrogen (secondary N) is 1. The molecule has 0 bridgehead atoms. The summed E-state index contributed by atoms with van der Waals surface area (Å²) in [5, 5.41) is 8.78. The highest BCUT2D eigenvalue weighted by Crippen LogP contribution is 2.24. The number of hydrogen-bond acceptors (Lipinski definition) is 3. The van der Waals surface area contributed by atoms with Crippen molar-refractivity contribution >= 4 is 11.8 Å². The zero-order chi connectivity index (χ0) is 13.6. The van der Waals surface area contributed by atoms with Crippen molar-refractivity contribution in [2.75, 3.05) is 12.3 Å². The molecule has 3 rings (SSSR count). The third-order valence-corrected chi connectivity index (χ3v) is 5.03. The average molecular weight is 287 g/mol. The molecule has 3 nitrogen and oxygen atoms in total. The summed E-state index contributed by atoms with van der Waals surface area (Å²) in [6.07, 6.45) is 8.21. The maximum atomic E-state index is 4.42. The van der Waals surface area contributed by atoms with E-state index in [9.17, 15) is 0 Å². The first-order valence-corrected chi connectivity index (χ1v) is 8.38. The lowest BCUT2D eigenvalue weighted by molar-refractivity contribution is 0.598. The van der Waals surface area contributed by atoms with Gasteiger partial charge < -0.3 is 5.32 Å². The Morgan fingerprint density at radius 2 is 2.15 bits per heavy atom. The van der Waals surface area contributed by atoms with Gasteiger partial charge >= 0.3 is 0 Å². The molecule has 1 aliphatic heterocycles. The highest BCUT2D eigenvalue weighted by Gasteiger charge is 2.13. The first kappa shape index (κ1) is 13.7. The van der Waals surface area contributed by atoms with Crippen LogP contribution in [0.4, 0.5) is 0 Å². The summed E-state index contributed by atoms with van der Waals surface area (Å²) in [6, 6.07) is 10.2. The number of para-hydroxylation sites is 1. The van der Waals surface area contributed by atoms with Gasteiger partial charge in [-0.05, 0) is 30.7 Å². The third-order valence-electron chi connectivity index (χ3n) is 3.63. The fraction of sp³-hybridized carbons (Fsp3) is 0.438. The number of rotatable bonds is 5. The van der Waals surface area contributed by atoms with Gasteiger partial charge in [0.05, 0.1) is 11.9 Å². The molecule has 1 aliphatic rings. The molecule has 4 heteroatoms. The fourth-order valence-corrected chi connectivity index (χ4v) is 3.79. The largest absolute Gasteiger partial charge is 0.311 e. The Labute approximate surface area is 124 Å². The minimum Gasteiger partial charge on any atom is -0.311 e. The van der Waals surface area contributed by atoms with Gasteiger partial charge in [0.25, 0.3) is 0 Å². The molecule has 0 spiro atoms. The normalized spacial score (nSPS) is 19.1. The van der Waals surface area contributed by atoms with Crippen molar-refractivity contribution in [3.8, 4) is 5.69 Å². The molecule has 1 N–H and O–H groups in total. The van der Waals surface area contributed by atoms with Crippen molar-refractivity contribution in [2.24, 2.45) is 0 Å². The summed E-state index contributed by atoms with van der Waals surface area (Å²) in [7, 11) is 0. The summed E-state index contributed by atoms with van der Waals surface area (Å²) in [5.74, 6) is 1.33. The van der Waals surface area contributed by atoms with Gasteiger partial charge in [0.2, 0.25) is 0 Å². The van der Waals surface area contributed by atoms with E-state index in [0.717, 1.165) is 24.0 Å². The molecule has 1 aromatic carbocycles. The zero-order valence-electron chi connectivity index (χ0n) is 11.7. The van der Waals surface area contributed by atoms with Crippen molar-refractivity contribution < 1.29 is 0 Å². The Hall–Kier alpha value is -1.26. The number of hydrogen-bond donors (Lipinski definition) is 1. The van der Waals surface area contributed by atoms with Crippen LogP contribution in [0.5, 0.6) is 0 Å². The third kappa shape index (κ3) is 3.64. The topological polar surface area (TPSA) is 29.9 Å². The van der Waals surface area contributed by atoms with Crippen molar-refractivity contribution in [1.82, 2.24) is 15.1 Å². The van der Waals surface area contributed by atoms with Crippen molar-refractivity contribution in [2.45, 2.75) is 31.1 Å². The van der Waals surface area contributed by atoms with E-state index in [0.29, 0.717) is 0 Å². The highest BCUT2D eigenvalue weighted by atomic mass is 32.2. The van der Waals surface area contributed by atoms with Crippen LogP contribution in [0.2, 0.25) is 0 Å². The molecule has 1 atom stereocenters. The van der Waals surface area contributed by atoms with Crippen LogP contribution >= 0.6 is 11.8 Å². The Morgan fingerprint density at radius 1 is 1.25 bits per heavy atom. The van der Waals surface area contributed by atoms with Crippen LogP contribution in [0, 0.1) is 0 Å². The maximum Gasteiger partial charge on any atom is 0.0645 e. The second-order valence-corrected chi connectivity index (χ2v) is 6.66. The van der Waals surface area contributed by atoms with Crippen LogP contribution in [0.3, 0.4) is 0 Å². The van der Waals surface area contributed by atoms with Gasteiger partial charge in [-0.1, -0.05) is 24.6 Å². The minimum atomic E-state index is 0.799. The molecule has 2 aromatic rings. The number of benzene rings is 1. The van der Waals surface area contributed by atoms with Crippen LogP contribution < -0.4 is 5.32 Å². The summed E-state index contributed by atoms with van der Waals surface area (Å²) >= 11 is 2.12. The Balaban J connectivity index is 1.50. The van der Waals surface area contributed by atoms with E-state index in [4.69, 9.17) is 0 Å². The monoisotopic (exact) mass is 287 g/mol. The number of thioether (sulfide) groups is 1. The summed E-state index contributed by atoms with van der Waals surface area (Å²) in [4.78, 5) is 0. The number of aromatic nitrogens is 2. The maximum absolute atomic E-state index is 4.42. The predicted octanol–water partition coefficient (Wildman–Crippen LogP) is 3.25. The molecule has 1 unspecified atom stereocenters. The molecule has 1 saturated heterocycles. The molecule has 2 heterocycles. The lowest BCUT2D eigenvalue weighted by atomic mass is 10.2. The van der Waals surface area contributed by atoms with Crippen LogP contribution in [0.1, 0.15) is 24.8 Å². The van der Waals surface area contributed by atoms with Crippen molar-refractivity contribution in [1.29, 1.82) is 0 Å². The van der Waals surface area contributed by atoms with E-state index in [1.807, 2.05) is 29.1 Å². The van der Waals surface area contributed by atoms with E-state index >= 15 is 0 Å². The van der Waals surface area contributed by atoms with Crippen LogP contribution in [-0.4, -0.2) is 27.3 Å². The van der Waals surface area contributed by atoms with Gasteiger partial charge in [-0.25, -0.2) is 4.68 Å². The van der Waals surface area contributed by atoms with Crippen LogP contribution in [0.15, 0.2) is 42.7 Å². The second kappa shape index (κ2) is 6.95.